The molecule has 52 heavy (non-hydrogen) atoms. The molecular formula is C42H50N4O3P2S. The van der Waals surface area contributed by atoms with Crippen LogP contribution in [0.3, 0.4) is 0 Å². The fraction of sp³-hybridized carbons (Fsp3) is 0.357. The van der Waals surface area contributed by atoms with E-state index in [0.29, 0.717) is 24.8 Å². The van der Waals surface area contributed by atoms with Crippen molar-refractivity contribution >= 4 is 66.7 Å². The van der Waals surface area contributed by atoms with Crippen molar-refractivity contribution in [2.45, 2.75) is 56.4 Å². The van der Waals surface area contributed by atoms with E-state index in [1.165, 1.54) is 21.2 Å². The van der Waals surface area contributed by atoms with Gasteiger partial charge in [-0.2, -0.15) is 11.8 Å². The van der Waals surface area contributed by atoms with Gasteiger partial charge in [0.25, 0.3) is 0 Å². The minimum absolute atomic E-state index is 0.0156. The first-order valence-corrected chi connectivity index (χ1v) is 22.4. The molecule has 4 aromatic rings. The van der Waals surface area contributed by atoms with Crippen LogP contribution in [0, 0.1) is 5.41 Å². The highest BCUT2D eigenvalue weighted by molar-refractivity contribution is 8.00. The van der Waals surface area contributed by atoms with Crippen molar-refractivity contribution in [2.24, 2.45) is 5.41 Å². The third-order valence-corrected chi connectivity index (χ3v) is 17.2. The Morgan fingerprint density at radius 2 is 1.17 bits per heavy atom. The monoisotopic (exact) mass is 752 g/mol. The Bertz CT molecular complexity index is 1570. The van der Waals surface area contributed by atoms with Crippen LogP contribution in [0.15, 0.2) is 121 Å². The first-order valence-electron chi connectivity index (χ1n) is 18.3. The third-order valence-electron chi connectivity index (χ3n) is 9.82. The van der Waals surface area contributed by atoms with Gasteiger partial charge >= 0.3 is 6.03 Å². The maximum Gasteiger partial charge on any atom is 0.315 e. The second-order valence-corrected chi connectivity index (χ2v) is 19.8. The van der Waals surface area contributed by atoms with Gasteiger partial charge in [0.2, 0.25) is 11.8 Å². The van der Waals surface area contributed by atoms with Gasteiger partial charge in [-0.15, -0.1) is 0 Å². The molecule has 2 aliphatic rings. The van der Waals surface area contributed by atoms with Crippen molar-refractivity contribution in [1.82, 2.24) is 21.3 Å². The molecule has 2 saturated heterocycles. The minimum Gasteiger partial charge on any atom is -0.356 e. The Hall–Kier alpha value is -3.70. The number of hydrogen-bond acceptors (Lipinski definition) is 4. The molecule has 3 atom stereocenters. The van der Waals surface area contributed by atoms with E-state index in [-0.39, 0.29) is 41.8 Å². The average molecular weight is 753 g/mol. The van der Waals surface area contributed by atoms with Gasteiger partial charge in [-0.1, -0.05) is 135 Å². The Kier molecular flexibility index (Phi) is 13.8. The fourth-order valence-corrected chi connectivity index (χ4v) is 14.2. The number of unbranched alkanes of at least 4 members (excludes halogenated alkanes) is 1. The van der Waals surface area contributed by atoms with Crippen LogP contribution in [0.1, 0.15) is 39.0 Å². The van der Waals surface area contributed by atoms with Crippen LogP contribution in [0.2, 0.25) is 0 Å². The second kappa shape index (κ2) is 18.9. The number of urea groups is 1. The van der Waals surface area contributed by atoms with Gasteiger partial charge in [0.15, 0.2) is 0 Å². The maximum absolute atomic E-state index is 13.4. The number of nitrogens with one attached hydrogen (secondary N) is 4. The minimum atomic E-state index is -0.694. The van der Waals surface area contributed by atoms with E-state index in [9.17, 15) is 14.4 Å². The molecule has 0 aromatic heterocycles. The number of amides is 4. The summed E-state index contributed by atoms with van der Waals surface area (Å²) in [5.41, 5.74) is -0.220. The summed E-state index contributed by atoms with van der Waals surface area (Å²) in [6.45, 7) is 3.22. The van der Waals surface area contributed by atoms with Gasteiger partial charge in [-0.3, -0.25) is 9.59 Å². The summed E-state index contributed by atoms with van der Waals surface area (Å²) in [4.78, 5) is 37.6. The zero-order valence-electron chi connectivity index (χ0n) is 29.9. The van der Waals surface area contributed by atoms with Crippen molar-refractivity contribution in [3.05, 3.63) is 121 Å². The van der Waals surface area contributed by atoms with Crippen molar-refractivity contribution in [3.63, 3.8) is 0 Å². The molecule has 0 saturated carbocycles. The van der Waals surface area contributed by atoms with Crippen molar-refractivity contribution in [3.8, 4) is 0 Å². The predicted molar refractivity (Wildman–Crippen MR) is 221 cm³/mol. The highest BCUT2D eigenvalue weighted by Gasteiger charge is 2.42. The summed E-state index contributed by atoms with van der Waals surface area (Å²) < 4.78 is 0. The van der Waals surface area contributed by atoms with Gasteiger partial charge in [0.1, 0.15) is 0 Å². The van der Waals surface area contributed by atoms with E-state index >= 15 is 0 Å². The van der Waals surface area contributed by atoms with Crippen LogP contribution in [0.25, 0.3) is 0 Å². The molecule has 2 heterocycles. The molecule has 0 unspecified atom stereocenters. The number of rotatable bonds is 18. The Labute approximate surface area is 315 Å². The predicted octanol–water partition coefficient (Wildman–Crippen LogP) is 5.61. The van der Waals surface area contributed by atoms with Crippen LogP contribution in [-0.4, -0.2) is 66.3 Å². The zero-order chi connectivity index (χ0) is 36.2. The summed E-state index contributed by atoms with van der Waals surface area (Å²) in [6.07, 6.45) is 5.26. The molecule has 0 spiro atoms. The van der Waals surface area contributed by atoms with Crippen LogP contribution >= 0.6 is 27.6 Å². The number of fused-ring (bicyclic) bond motifs is 1. The van der Waals surface area contributed by atoms with E-state index in [4.69, 9.17) is 0 Å². The van der Waals surface area contributed by atoms with Gasteiger partial charge in [-0.25, -0.2) is 4.79 Å². The molecule has 0 radical (unpaired) electrons. The summed E-state index contributed by atoms with van der Waals surface area (Å²) in [6, 6.07) is 43.6. The smallest absolute Gasteiger partial charge is 0.315 e. The molecule has 4 aromatic carbocycles. The largest absolute Gasteiger partial charge is 0.356 e. The van der Waals surface area contributed by atoms with Crippen LogP contribution in [-0.2, 0) is 9.59 Å². The highest BCUT2D eigenvalue weighted by atomic mass is 32.2. The van der Waals surface area contributed by atoms with E-state index in [1.54, 1.807) is 0 Å². The number of carbonyl (C=O) groups is 3. The first-order chi connectivity index (χ1) is 25.4. The van der Waals surface area contributed by atoms with Crippen molar-refractivity contribution in [2.75, 3.05) is 31.2 Å². The maximum atomic E-state index is 13.4. The molecule has 4 amide bonds. The second-order valence-electron chi connectivity index (χ2n) is 14.1. The Morgan fingerprint density at radius 3 is 1.67 bits per heavy atom. The molecule has 4 N–H and O–H groups in total. The van der Waals surface area contributed by atoms with E-state index in [2.05, 4.69) is 150 Å². The summed E-state index contributed by atoms with van der Waals surface area (Å²) in [5, 5.41) is 18.0. The topological polar surface area (TPSA) is 99.3 Å². The summed E-state index contributed by atoms with van der Waals surface area (Å²) in [5.74, 6) is 0.885. The number of benzene rings is 4. The molecule has 0 aliphatic carbocycles. The van der Waals surface area contributed by atoms with Crippen LogP contribution < -0.4 is 42.5 Å². The van der Waals surface area contributed by atoms with Crippen molar-refractivity contribution < 1.29 is 14.4 Å². The molecule has 7 nitrogen and oxygen atoms in total. The standard InChI is InChI=1S/C42H50N4O3P2S/c1-42(30-50(32-16-6-2-7-17-32)33-18-8-3-9-19-33,31-51(34-20-10-4-11-21-34)35-22-12-5-13-23-35)29-44-39(48)26-27-43-38(47)25-15-14-24-37-40-36(28-52-37)45-41(49)46-40/h2-13,16-23,36-37,40H,14-15,24-31H2,1H3,(H,43,47)(H,44,48)(H2,45,46,49)/t36-,37-,40-/m0/s1. The highest BCUT2D eigenvalue weighted by Crippen LogP contribution is 2.47. The first kappa shape index (κ1) is 38.0. The van der Waals surface area contributed by atoms with E-state index < -0.39 is 15.8 Å². The molecule has 10 heteroatoms. The lowest BCUT2D eigenvalue weighted by atomic mass is 9.96. The van der Waals surface area contributed by atoms with Gasteiger partial charge < -0.3 is 21.3 Å². The summed E-state index contributed by atoms with van der Waals surface area (Å²) >= 11 is 1.90. The van der Waals surface area contributed by atoms with Gasteiger partial charge in [0.05, 0.1) is 12.1 Å². The lowest BCUT2D eigenvalue weighted by molar-refractivity contribution is -0.122. The normalized spacial score (nSPS) is 18.1. The molecule has 2 aliphatic heterocycles. The lowest BCUT2D eigenvalue weighted by Gasteiger charge is -2.37. The van der Waals surface area contributed by atoms with E-state index in [0.717, 1.165) is 37.3 Å². The van der Waals surface area contributed by atoms with Gasteiger partial charge in [-0.05, 0) is 67.6 Å². The third kappa shape index (κ3) is 10.7. The van der Waals surface area contributed by atoms with Crippen LogP contribution in [0.4, 0.5) is 4.79 Å². The quantitative estimate of drug-likeness (QED) is 0.0604. The van der Waals surface area contributed by atoms with Crippen LogP contribution in [0.5, 0.6) is 0 Å². The molecule has 0 bridgehead atoms. The molecule has 2 fully saturated rings. The summed E-state index contributed by atoms with van der Waals surface area (Å²) in [7, 11) is -1.39. The zero-order valence-corrected chi connectivity index (χ0v) is 32.5. The van der Waals surface area contributed by atoms with Gasteiger partial charge in [0, 0.05) is 36.9 Å². The number of hydrogen-bond donors (Lipinski definition) is 4. The Morgan fingerprint density at radius 1 is 0.692 bits per heavy atom. The number of thioether (sulfide) groups is 1. The average Bonchev–Trinajstić information content (AvgIpc) is 3.74. The number of carbonyl (C=O) groups excluding carboxylic acids is 3. The molecule has 6 rings (SSSR count). The fourth-order valence-electron chi connectivity index (χ4n) is 7.10. The van der Waals surface area contributed by atoms with Crippen molar-refractivity contribution in [1.29, 1.82) is 0 Å². The molecular weight excluding hydrogens is 703 g/mol. The Balaban J connectivity index is 1.07. The molecule has 272 valence electrons. The van der Waals surface area contributed by atoms with E-state index in [1.807, 2.05) is 11.8 Å². The lowest BCUT2D eigenvalue weighted by Crippen LogP contribution is -2.43. The SMILES string of the molecule is CC(CNC(=O)CCNC(=O)CCCC[C@@H]1SC[C@@H]2NC(=O)N[C@@H]21)(CP(c1ccccc1)c1ccccc1)CP(c1ccccc1)c1ccccc1.